The molecular formula is C20H18O7. The van der Waals surface area contributed by atoms with Gasteiger partial charge in [0.05, 0.1) is 26.9 Å². The first-order valence-corrected chi connectivity index (χ1v) is 8.32. The summed E-state index contributed by atoms with van der Waals surface area (Å²) in [6.07, 6.45) is 1.40. The Kier molecular flexibility index (Phi) is 4.27. The second-order valence-electron chi connectivity index (χ2n) is 5.85. The molecule has 1 aliphatic rings. The van der Waals surface area contributed by atoms with Crippen molar-refractivity contribution in [3.05, 3.63) is 40.8 Å². The van der Waals surface area contributed by atoms with E-state index in [1.807, 2.05) is 0 Å². The number of hydrogen-bond acceptors (Lipinski definition) is 7. The van der Waals surface area contributed by atoms with Crippen LogP contribution in [0.4, 0.5) is 0 Å². The van der Waals surface area contributed by atoms with Gasteiger partial charge >= 0.3 is 0 Å². The highest BCUT2D eigenvalue weighted by molar-refractivity contribution is 5.92. The van der Waals surface area contributed by atoms with Crippen LogP contribution in [0.5, 0.6) is 28.7 Å². The third-order valence-corrected chi connectivity index (χ3v) is 4.43. The monoisotopic (exact) mass is 370 g/mol. The van der Waals surface area contributed by atoms with Gasteiger partial charge in [-0.25, -0.2) is 0 Å². The van der Waals surface area contributed by atoms with Gasteiger partial charge in [0.25, 0.3) is 0 Å². The Morgan fingerprint density at radius 1 is 0.926 bits per heavy atom. The molecule has 1 aromatic heterocycles. The van der Waals surface area contributed by atoms with Crippen molar-refractivity contribution in [2.75, 3.05) is 34.5 Å². The minimum absolute atomic E-state index is 0.267. The normalized spacial score (nSPS) is 12.7. The van der Waals surface area contributed by atoms with Crippen LogP contribution in [0, 0.1) is 0 Å². The molecule has 4 rings (SSSR count). The van der Waals surface area contributed by atoms with E-state index >= 15 is 0 Å². The second kappa shape index (κ2) is 6.75. The van der Waals surface area contributed by atoms with Gasteiger partial charge in [-0.15, -0.1) is 0 Å². The van der Waals surface area contributed by atoms with Crippen LogP contribution in [0.2, 0.25) is 0 Å². The molecule has 0 bridgehead atoms. The van der Waals surface area contributed by atoms with Crippen LogP contribution in [0.25, 0.3) is 22.1 Å². The fraction of sp³-hybridized carbons (Fsp3) is 0.250. The standard InChI is InChI=1S/C20H18O7/c1-22-11-4-5-14(23-2)12(8-11)13-10-27-15-9-16-19(26-7-6-25-16)20(24-3)17(15)18(13)21/h4-5,8-10H,6-7H2,1-3H3. The van der Waals surface area contributed by atoms with Crippen molar-refractivity contribution in [3.63, 3.8) is 0 Å². The largest absolute Gasteiger partial charge is 0.497 e. The fourth-order valence-electron chi connectivity index (χ4n) is 3.16. The molecule has 0 saturated heterocycles. The van der Waals surface area contributed by atoms with E-state index in [1.54, 1.807) is 31.4 Å². The van der Waals surface area contributed by atoms with Gasteiger partial charge < -0.3 is 28.1 Å². The molecule has 3 aromatic rings. The topological polar surface area (TPSA) is 76.4 Å². The van der Waals surface area contributed by atoms with Gasteiger partial charge in [-0.2, -0.15) is 0 Å². The molecule has 140 valence electrons. The van der Waals surface area contributed by atoms with Gasteiger partial charge in [-0.1, -0.05) is 0 Å². The van der Waals surface area contributed by atoms with Crippen LogP contribution in [0.15, 0.2) is 39.7 Å². The maximum atomic E-state index is 13.3. The first kappa shape index (κ1) is 17.1. The third kappa shape index (κ3) is 2.71. The molecule has 27 heavy (non-hydrogen) atoms. The zero-order valence-electron chi connectivity index (χ0n) is 15.2. The van der Waals surface area contributed by atoms with Crippen molar-refractivity contribution < 1.29 is 28.1 Å². The molecule has 0 radical (unpaired) electrons. The molecule has 0 spiro atoms. The number of benzene rings is 2. The minimum Gasteiger partial charge on any atom is -0.497 e. The molecule has 0 unspecified atom stereocenters. The smallest absolute Gasteiger partial charge is 0.204 e. The highest BCUT2D eigenvalue weighted by Gasteiger charge is 2.25. The van der Waals surface area contributed by atoms with Gasteiger partial charge in [-0.3, -0.25) is 4.79 Å². The summed E-state index contributed by atoms with van der Waals surface area (Å²) in [7, 11) is 4.57. The molecule has 0 aliphatic carbocycles. The maximum absolute atomic E-state index is 13.3. The highest BCUT2D eigenvalue weighted by Crippen LogP contribution is 2.44. The molecule has 0 atom stereocenters. The molecule has 0 fully saturated rings. The molecule has 7 heteroatoms. The average Bonchev–Trinajstić information content (AvgIpc) is 2.72. The predicted octanol–water partition coefficient (Wildman–Crippen LogP) is 3.26. The van der Waals surface area contributed by atoms with Crippen molar-refractivity contribution in [2.45, 2.75) is 0 Å². The second-order valence-corrected chi connectivity index (χ2v) is 5.85. The summed E-state index contributed by atoms with van der Waals surface area (Å²) < 4.78 is 33.2. The van der Waals surface area contributed by atoms with E-state index in [2.05, 4.69) is 0 Å². The Morgan fingerprint density at radius 2 is 1.74 bits per heavy atom. The molecule has 0 amide bonds. The highest BCUT2D eigenvalue weighted by atomic mass is 16.6. The minimum atomic E-state index is -0.267. The summed E-state index contributed by atoms with van der Waals surface area (Å²) in [6.45, 7) is 0.800. The van der Waals surface area contributed by atoms with E-state index in [4.69, 9.17) is 28.1 Å². The summed E-state index contributed by atoms with van der Waals surface area (Å²) >= 11 is 0. The third-order valence-electron chi connectivity index (χ3n) is 4.43. The predicted molar refractivity (Wildman–Crippen MR) is 98.6 cm³/mol. The van der Waals surface area contributed by atoms with Gasteiger partial charge in [0, 0.05) is 11.6 Å². The number of ether oxygens (including phenoxy) is 5. The van der Waals surface area contributed by atoms with Crippen LogP contribution >= 0.6 is 0 Å². The Bertz CT molecular complexity index is 1070. The van der Waals surface area contributed by atoms with Gasteiger partial charge in [-0.05, 0) is 18.2 Å². The van der Waals surface area contributed by atoms with Gasteiger partial charge in [0.1, 0.15) is 41.9 Å². The Labute approximate surface area is 155 Å². The van der Waals surface area contributed by atoms with Gasteiger partial charge in [0.15, 0.2) is 11.5 Å². The lowest BCUT2D eigenvalue weighted by Gasteiger charge is -2.21. The quantitative estimate of drug-likeness (QED) is 0.698. The molecule has 2 aromatic carbocycles. The Balaban J connectivity index is 2.02. The van der Waals surface area contributed by atoms with Crippen molar-refractivity contribution in [1.82, 2.24) is 0 Å². The number of methoxy groups -OCH3 is 3. The fourth-order valence-corrected chi connectivity index (χ4v) is 3.16. The average molecular weight is 370 g/mol. The molecule has 2 heterocycles. The van der Waals surface area contributed by atoms with Gasteiger partial charge in [0.2, 0.25) is 11.2 Å². The number of fused-ring (bicyclic) bond motifs is 2. The SMILES string of the molecule is COc1ccc(OC)c(-c2coc3cc4c(c(OC)c3c2=O)OCCO4)c1. The lowest BCUT2D eigenvalue weighted by molar-refractivity contribution is 0.165. The molecule has 0 saturated carbocycles. The summed E-state index contributed by atoms with van der Waals surface area (Å²) in [4.78, 5) is 13.3. The van der Waals surface area contributed by atoms with Crippen molar-refractivity contribution >= 4 is 11.0 Å². The van der Waals surface area contributed by atoms with E-state index in [-0.39, 0.29) is 10.8 Å². The van der Waals surface area contributed by atoms with Crippen LogP contribution in [0.3, 0.4) is 0 Å². The van der Waals surface area contributed by atoms with Crippen molar-refractivity contribution in [3.8, 4) is 39.9 Å². The zero-order chi connectivity index (χ0) is 19.0. The molecule has 7 nitrogen and oxygen atoms in total. The summed E-state index contributed by atoms with van der Waals surface area (Å²) in [5.74, 6) is 2.30. The van der Waals surface area contributed by atoms with Crippen LogP contribution < -0.4 is 29.1 Å². The van der Waals surface area contributed by atoms with E-state index in [9.17, 15) is 4.79 Å². The maximum Gasteiger partial charge on any atom is 0.204 e. The number of hydrogen-bond donors (Lipinski definition) is 0. The van der Waals surface area contributed by atoms with Crippen molar-refractivity contribution in [1.29, 1.82) is 0 Å². The first-order valence-electron chi connectivity index (χ1n) is 8.32. The number of rotatable bonds is 4. The van der Waals surface area contributed by atoms with E-state index in [0.717, 1.165) is 0 Å². The summed E-state index contributed by atoms with van der Waals surface area (Å²) in [5, 5.41) is 0.282. The lowest BCUT2D eigenvalue weighted by Crippen LogP contribution is -2.17. The van der Waals surface area contributed by atoms with Crippen LogP contribution in [-0.2, 0) is 0 Å². The molecular weight excluding hydrogens is 352 g/mol. The van der Waals surface area contributed by atoms with E-state index in [0.29, 0.717) is 58.7 Å². The van der Waals surface area contributed by atoms with Crippen LogP contribution in [-0.4, -0.2) is 34.5 Å². The Morgan fingerprint density at radius 3 is 2.48 bits per heavy atom. The summed E-state index contributed by atoms with van der Waals surface area (Å²) in [6, 6.07) is 6.85. The van der Waals surface area contributed by atoms with E-state index < -0.39 is 0 Å². The Hall–Kier alpha value is -3.35. The zero-order valence-corrected chi connectivity index (χ0v) is 15.2. The first-order chi connectivity index (χ1) is 13.2. The molecule has 1 aliphatic heterocycles. The lowest BCUT2D eigenvalue weighted by atomic mass is 10.0. The van der Waals surface area contributed by atoms with E-state index in [1.165, 1.54) is 20.5 Å². The van der Waals surface area contributed by atoms with Crippen molar-refractivity contribution in [2.24, 2.45) is 0 Å². The van der Waals surface area contributed by atoms with Crippen LogP contribution in [0.1, 0.15) is 0 Å². The summed E-state index contributed by atoms with van der Waals surface area (Å²) in [5.41, 5.74) is 0.973. The molecule has 0 N–H and O–H groups in total.